The quantitative estimate of drug-likeness (QED) is 0.787. The fraction of sp³-hybridized carbons (Fsp3) is 0.917. The molecule has 2 rings (SSSR count). The molecule has 2 fully saturated rings. The number of ether oxygens (including phenoxy) is 1. The number of hydrogen-bond acceptors (Lipinski definition) is 3. The number of carboxylic acid groups (broad SMARTS) is 1. The Hall–Kier alpha value is -0.610. The van der Waals surface area contributed by atoms with Crippen LogP contribution in [0.3, 0.4) is 0 Å². The van der Waals surface area contributed by atoms with E-state index >= 15 is 0 Å². The normalized spacial score (nSPS) is 32.3. The molecule has 0 unspecified atom stereocenters. The maximum Gasteiger partial charge on any atom is 0.317 e. The van der Waals surface area contributed by atoms with E-state index in [1.807, 2.05) is 4.90 Å². The van der Waals surface area contributed by atoms with Crippen molar-refractivity contribution in [1.82, 2.24) is 4.90 Å². The third kappa shape index (κ3) is 3.19. The van der Waals surface area contributed by atoms with Crippen molar-refractivity contribution in [3.05, 3.63) is 0 Å². The number of hydrogen-bond donors (Lipinski definition) is 1. The molecule has 4 nitrogen and oxygen atoms in total. The van der Waals surface area contributed by atoms with Crippen molar-refractivity contribution < 1.29 is 14.6 Å². The van der Waals surface area contributed by atoms with Crippen LogP contribution >= 0.6 is 0 Å². The van der Waals surface area contributed by atoms with Crippen LogP contribution in [-0.4, -0.2) is 47.8 Å². The van der Waals surface area contributed by atoms with E-state index in [4.69, 9.17) is 9.84 Å². The lowest BCUT2D eigenvalue weighted by Gasteiger charge is -2.38. The average Bonchev–Trinajstić information content (AvgIpc) is 2.18. The maximum atomic E-state index is 10.5. The van der Waals surface area contributed by atoms with Crippen molar-refractivity contribution in [1.29, 1.82) is 0 Å². The van der Waals surface area contributed by atoms with Gasteiger partial charge in [-0.2, -0.15) is 0 Å². The van der Waals surface area contributed by atoms with Crippen LogP contribution in [0.25, 0.3) is 0 Å². The molecular formula is C12H21NO3. The predicted molar refractivity (Wildman–Crippen MR) is 60.4 cm³/mol. The van der Waals surface area contributed by atoms with E-state index in [1.54, 1.807) is 0 Å². The maximum absolute atomic E-state index is 10.5. The van der Waals surface area contributed by atoms with Gasteiger partial charge >= 0.3 is 5.97 Å². The highest BCUT2D eigenvalue weighted by molar-refractivity contribution is 5.69. The Morgan fingerprint density at radius 3 is 2.44 bits per heavy atom. The molecule has 0 amide bonds. The first-order valence-corrected chi connectivity index (χ1v) is 6.23. The summed E-state index contributed by atoms with van der Waals surface area (Å²) in [5.41, 5.74) is 0. The number of aliphatic carboxylic acids is 1. The SMILES string of the molecule is C[C@H]1C[C@H](OC2CCN(CC(=O)O)CC2)C1. The fourth-order valence-corrected chi connectivity index (χ4v) is 2.61. The van der Waals surface area contributed by atoms with Crippen LogP contribution in [0.5, 0.6) is 0 Å². The number of carbonyl (C=O) groups is 1. The highest BCUT2D eigenvalue weighted by Crippen LogP contribution is 2.31. The predicted octanol–water partition coefficient (Wildman–Crippen LogP) is 1.35. The van der Waals surface area contributed by atoms with Gasteiger partial charge in [-0.3, -0.25) is 9.69 Å². The smallest absolute Gasteiger partial charge is 0.317 e. The van der Waals surface area contributed by atoms with Crippen molar-refractivity contribution in [3.63, 3.8) is 0 Å². The molecule has 92 valence electrons. The Kier molecular flexibility index (Phi) is 3.82. The molecule has 0 aromatic rings. The van der Waals surface area contributed by atoms with Crippen molar-refractivity contribution in [2.24, 2.45) is 5.92 Å². The fourth-order valence-electron chi connectivity index (χ4n) is 2.61. The molecule has 1 aliphatic carbocycles. The minimum absolute atomic E-state index is 0.174. The summed E-state index contributed by atoms with van der Waals surface area (Å²) in [5.74, 6) is 0.101. The number of likely N-dealkylation sites (tertiary alicyclic amines) is 1. The summed E-state index contributed by atoms with van der Waals surface area (Å²) in [5, 5.41) is 8.68. The van der Waals surface area contributed by atoms with E-state index in [-0.39, 0.29) is 6.54 Å². The Bertz CT molecular complexity index is 243. The van der Waals surface area contributed by atoms with Crippen LogP contribution in [-0.2, 0) is 9.53 Å². The van der Waals surface area contributed by atoms with Gasteiger partial charge < -0.3 is 9.84 Å². The number of piperidine rings is 1. The summed E-state index contributed by atoms with van der Waals surface area (Å²) in [6.45, 7) is 4.15. The summed E-state index contributed by atoms with van der Waals surface area (Å²) < 4.78 is 5.98. The number of carboxylic acids is 1. The number of rotatable bonds is 4. The van der Waals surface area contributed by atoms with Crippen LogP contribution in [0.15, 0.2) is 0 Å². The molecule has 0 radical (unpaired) electrons. The standard InChI is InChI=1S/C12H21NO3/c1-9-6-11(7-9)16-10-2-4-13(5-3-10)8-12(14)15/h9-11H,2-8H2,1H3,(H,14,15)/t9-,11-. The molecule has 0 bridgehead atoms. The zero-order valence-electron chi connectivity index (χ0n) is 9.89. The van der Waals surface area contributed by atoms with Gasteiger partial charge in [-0.05, 0) is 31.6 Å². The first-order chi connectivity index (χ1) is 7.63. The van der Waals surface area contributed by atoms with Crippen molar-refractivity contribution in [3.8, 4) is 0 Å². The Labute approximate surface area is 96.6 Å². The molecule has 1 N–H and O–H groups in total. The van der Waals surface area contributed by atoms with Gasteiger partial charge in [-0.1, -0.05) is 6.92 Å². The molecule has 1 saturated carbocycles. The summed E-state index contributed by atoms with van der Waals surface area (Å²) in [4.78, 5) is 12.5. The molecule has 16 heavy (non-hydrogen) atoms. The Morgan fingerprint density at radius 1 is 1.31 bits per heavy atom. The van der Waals surface area contributed by atoms with Crippen LogP contribution in [0.4, 0.5) is 0 Å². The molecule has 1 aliphatic heterocycles. The second kappa shape index (κ2) is 5.15. The molecule has 1 saturated heterocycles. The van der Waals surface area contributed by atoms with E-state index in [0.717, 1.165) is 31.8 Å². The Morgan fingerprint density at radius 2 is 1.94 bits per heavy atom. The highest BCUT2D eigenvalue weighted by Gasteiger charge is 2.30. The van der Waals surface area contributed by atoms with E-state index in [9.17, 15) is 4.79 Å². The lowest BCUT2D eigenvalue weighted by Crippen LogP contribution is -2.42. The first kappa shape index (κ1) is 11.9. The molecule has 0 aromatic heterocycles. The molecule has 0 aromatic carbocycles. The first-order valence-electron chi connectivity index (χ1n) is 6.23. The second-order valence-corrected chi connectivity index (χ2v) is 5.20. The zero-order valence-corrected chi connectivity index (χ0v) is 9.89. The molecule has 0 atom stereocenters. The van der Waals surface area contributed by atoms with Crippen molar-refractivity contribution in [2.45, 2.75) is 44.8 Å². The van der Waals surface area contributed by atoms with Gasteiger partial charge in [0.1, 0.15) is 0 Å². The summed E-state index contributed by atoms with van der Waals surface area (Å²) in [6, 6.07) is 0. The van der Waals surface area contributed by atoms with Crippen molar-refractivity contribution >= 4 is 5.97 Å². The second-order valence-electron chi connectivity index (χ2n) is 5.20. The van der Waals surface area contributed by atoms with Crippen LogP contribution in [0.1, 0.15) is 32.6 Å². The molecule has 0 spiro atoms. The van der Waals surface area contributed by atoms with Gasteiger partial charge in [0.15, 0.2) is 0 Å². The number of nitrogens with zero attached hydrogens (tertiary/aromatic N) is 1. The van der Waals surface area contributed by atoms with Crippen molar-refractivity contribution in [2.75, 3.05) is 19.6 Å². The summed E-state index contributed by atoms with van der Waals surface area (Å²) >= 11 is 0. The van der Waals surface area contributed by atoms with Gasteiger partial charge in [0.05, 0.1) is 18.8 Å². The summed E-state index contributed by atoms with van der Waals surface area (Å²) in [6.07, 6.45) is 5.22. The van der Waals surface area contributed by atoms with Crippen LogP contribution in [0, 0.1) is 5.92 Å². The van der Waals surface area contributed by atoms with E-state index < -0.39 is 5.97 Å². The van der Waals surface area contributed by atoms with Crippen LogP contribution in [0.2, 0.25) is 0 Å². The van der Waals surface area contributed by atoms with Gasteiger partial charge in [-0.25, -0.2) is 0 Å². The van der Waals surface area contributed by atoms with E-state index in [0.29, 0.717) is 12.2 Å². The summed E-state index contributed by atoms with van der Waals surface area (Å²) in [7, 11) is 0. The molecule has 2 aliphatic rings. The monoisotopic (exact) mass is 227 g/mol. The van der Waals surface area contributed by atoms with E-state index in [2.05, 4.69) is 6.92 Å². The van der Waals surface area contributed by atoms with E-state index in [1.165, 1.54) is 12.8 Å². The lowest BCUT2D eigenvalue weighted by atomic mass is 9.84. The third-order valence-corrected chi connectivity index (χ3v) is 3.61. The topological polar surface area (TPSA) is 49.8 Å². The molecule has 4 heteroatoms. The largest absolute Gasteiger partial charge is 0.480 e. The molecular weight excluding hydrogens is 206 g/mol. The minimum atomic E-state index is -0.729. The van der Waals surface area contributed by atoms with Gasteiger partial charge in [0, 0.05) is 13.1 Å². The van der Waals surface area contributed by atoms with Crippen LogP contribution < -0.4 is 0 Å². The minimum Gasteiger partial charge on any atom is -0.480 e. The zero-order chi connectivity index (χ0) is 11.5. The lowest BCUT2D eigenvalue weighted by molar-refractivity contribution is -0.139. The van der Waals surface area contributed by atoms with Gasteiger partial charge in [0.2, 0.25) is 0 Å². The Balaban J connectivity index is 1.63. The highest BCUT2D eigenvalue weighted by atomic mass is 16.5. The van der Waals surface area contributed by atoms with Gasteiger partial charge in [-0.15, -0.1) is 0 Å². The van der Waals surface area contributed by atoms with Gasteiger partial charge in [0.25, 0.3) is 0 Å². The average molecular weight is 227 g/mol. The third-order valence-electron chi connectivity index (χ3n) is 3.61. The molecule has 1 heterocycles.